The predicted molar refractivity (Wildman–Crippen MR) is 80.6 cm³/mol. The van der Waals surface area contributed by atoms with Gasteiger partial charge in [-0.05, 0) is 43.8 Å². The van der Waals surface area contributed by atoms with Gasteiger partial charge in [0.05, 0.1) is 0 Å². The number of hydrogen-bond donors (Lipinski definition) is 3. The first-order valence-corrected chi connectivity index (χ1v) is 8.01. The van der Waals surface area contributed by atoms with Crippen LogP contribution in [-0.4, -0.2) is 34.9 Å². The maximum absolute atomic E-state index is 12.0. The molecule has 0 aliphatic heterocycles. The summed E-state index contributed by atoms with van der Waals surface area (Å²) in [6, 6.07) is 0.0844. The normalized spacial score (nSPS) is 10.7. The Labute approximate surface area is 116 Å². The first-order valence-electron chi connectivity index (χ1n) is 5.85. The highest BCUT2D eigenvalue weighted by molar-refractivity contribution is 7.98. The molecule has 0 fully saturated rings. The van der Waals surface area contributed by atoms with Gasteiger partial charge in [0, 0.05) is 12.6 Å². The van der Waals surface area contributed by atoms with E-state index < -0.39 is 0 Å². The molecule has 0 spiro atoms. The molecule has 1 aromatic heterocycles. The van der Waals surface area contributed by atoms with Crippen molar-refractivity contribution in [2.75, 3.05) is 29.6 Å². The molecular weight excluding hydrogens is 268 g/mol. The largest absolute Gasteiger partial charge is 0.382 e. The van der Waals surface area contributed by atoms with Crippen molar-refractivity contribution in [2.24, 2.45) is 0 Å². The molecule has 18 heavy (non-hydrogen) atoms. The van der Waals surface area contributed by atoms with E-state index in [0.717, 1.165) is 23.7 Å². The molecule has 0 unspecified atom stereocenters. The zero-order valence-corrected chi connectivity index (χ0v) is 12.6. The molecule has 1 rings (SSSR count). The number of nitrogens with zero attached hydrogens (tertiary/aromatic N) is 1. The summed E-state index contributed by atoms with van der Waals surface area (Å²) in [4.78, 5) is 12.0. The molecule has 0 aliphatic carbocycles. The molecule has 4 N–H and O–H groups in total. The quantitative estimate of drug-likeness (QED) is 0.669. The lowest BCUT2D eigenvalue weighted by atomic mass is 10.2. The lowest BCUT2D eigenvalue weighted by molar-refractivity contribution is 0.0945. The summed E-state index contributed by atoms with van der Waals surface area (Å²) in [6.07, 6.45) is 3.12. The number of anilines is 2. The highest BCUT2D eigenvalue weighted by Crippen LogP contribution is 2.26. The van der Waals surface area contributed by atoms with Crippen LogP contribution in [0, 0.1) is 0 Å². The van der Waals surface area contributed by atoms with E-state index in [1.807, 2.05) is 13.8 Å². The summed E-state index contributed by atoms with van der Waals surface area (Å²) in [6.45, 7) is 4.66. The van der Waals surface area contributed by atoms with Crippen LogP contribution in [0.2, 0.25) is 0 Å². The third-order valence-corrected chi connectivity index (χ3v) is 3.69. The third kappa shape index (κ3) is 4.38. The van der Waals surface area contributed by atoms with Crippen molar-refractivity contribution in [1.82, 2.24) is 9.69 Å². The van der Waals surface area contributed by atoms with Crippen molar-refractivity contribution >= 4 is 40.0 Å². The first-order chi connectivity index (χ1) is 8.56. The zero-order valence-electron chi connectivity index (χ0n) is 10.9. The summed E-state index contributed by atoms with van der Waals surface area (Å²) >= 11 is 3.04. The lowest BCUT2D eigenvalue weighted by Crippen LogP contribution is -2.30. The predicted octanol–water partition coefficient (Wildman–Crippen LogP) is 2.03. The molecule has 0 radical (unpaired) electrons. The molecule has 5 nitrogen and oxygen atoms in total. The molecular formula is C11H20N4OS2. The lowest BCUT2D eigenvalue weighted by Gasteiger charge is -2.10. The van der Waals surface area contributed by atoms with E-state index in [9.17, 15) is 4.79 Å². The molecule has 102 valence electrons. The molecule has 0 saturated heterocycles. The van der Waals surface area contributed by atoms with Crippen molar-refractivity contribution in [1.29, 1.82) is 0 Å². The second kappa shape index (κ2) is 7.48. The third-order valence-electron chi connectivity index (χ3n) is 2.18. The number of aromatic nitrogens is 1. The number of nitrogens with two attached hydrogens (primary N) is 1. The standard InChI is InChI=1S/C11H20N4OS2/c1-7(2)14-10(16)8-9(12)15-18-11(8)13-5-4-6-17-3/h7,13H,4-6H2,1-3H3,(H2,12,15)(H,14,16). The second-order valence-electron chi connectivity index (χ2n) is 4.17. The number of hydrogen-bond acceptors (Lipinski definition) is 6. The number of carbonyl (C=O) groups is 1. The number of nitrogens with one attached hydrogen (secondary N) is 2. The number of amides is 1. The number of nitrogen functional groups attached to an aromatic ring is 1. The Morgan fingerprint density at radius 2 is 2.28 bits per heavy atom. The summed E-state index contributed by atoms with van der Waals surface area (Å²) < 4.78 is 4.03. The average molecular weight is 288 g/mol. The Hall–Kier alpha value is -0.950. The van der Waals surface area contributed by atoms with Crippen LogP contribution in [0.4, 0.5) is 10.8 Å². The van der Waals surface area contributed by atoms with Crippen LogP contribution in [0.15, 0.2) is 0 Å². The van der Waals surface area contributed by atoms with Crippen LogP contribution in [0.25, 0.3) is 0 Å². The zero-order chi connectivity index (χ0) is 13.5. The van der Waals surface area contributed by atoms with E-state index >= 15 is 0 Å². The molecule has 1 aromatic rings. The minimum atomic E-state index is -0.163. The SMILES string of the molecule is CSCCCNc1snc(N)c1C(=O)NC(C)C. The molecule has 0 bridgehead atoms. The summed E-state index contributed by atoms with van der Waals surface area (Å²) in [7, 11) is 0. The van der Waals surface area contributed by atoms with E-state index in [4.69, 9.17) is 5.73 Å². The van der Waals surface area contributed by atoms with Crippen molar-refractivity contribution in [3.63, 3.8) is 0 Å². The topological polar surface area (TPSA) is 80.0 Å². The molecule has 7 heteroatoms. The Bertz CT molecular complexity index is 392. The maximum atomic E-state index is 12.0. The Kier molecular flexibility index (Phi) is 6.28. The highest BCUT2D eigenvalue weighted by atomic mass is 32.2. The Morgan fingerprint density at radius 3 is 2.89 bits per heavy atom. The van der Waals surface area contributed by atoms with Crippen molar-refractivity contribution in [3.05, 3.63) is 5.56 Å². The van der Waals surface area contributed by atoms with E-state index in [0.29, 0.717) is 11.4 Å². The van der Waals surface area contributed by atoms with Gasteiger partial charge in [-0.15, -0.1) is 0 Å². The van der Waals surface area contributed by atoms with E-state index in [2.05, 4.69) is 21.3 Å². The highest BCUT2D eigenvalue weighted by Gasteiger charge is 2.19. The summed E-state index contributed by atoms with van der Waals surface area (Å²) in [5.41, 5.74) is 6.21. The van der Waals surface area contributed by atoms with Gasteiger partial charge in [0.1, 0.15) is 10.6 Å². The van der Waals surface area contributed by atoms with Gasteiger partial charge >= 0.3 is 0 Å². The van der Waals surface area contributed by atoms with Crippen LogP contribution >= 0.6 is 23.3 Å². The number of thioether (sulfide) groups is 1. The van der Waals surface area contributed by atoms with E-state index in [1.54, 1.807) is 11.8 Å². The monoisotopic (exact) mass is 288 g/mol. The van der Waals surface area contributed by atoms with Gasteiger partial charge in [-0.25, -0.2) is 0 Å². The molecule has 0 saturated carbocycles. The van der Waals surface area contributed by atoms with Gasteiger partial charge < -0.3 is 16.4 Å². The number of carbonyl (C=O) groups excluding carboxylic acids is 1. The fourth-order valence-corrected chi connectivity index (χ4v) is 2.56. The summed E-state index contributed by atoms with van der Waals surface area (Å²) in [5.74, 6) is 1.23. The number of rotatable bonds is 7. The molecule has 0 atom stereocenters. The van der Waals surface area contributed by atoms with Gasteiger partial charge in [-0.1, -0.05) is 0 Å². The molecule has 0 aliphatic rings. The second-order valence-corrected chi connectivity index (χ2v) is 5.93. The van der Waals surface area contributed by atoms with Crippen LogP contribution in [-0.2, 0) is 0 Å². The van der Waals surface area contributed by atoms with E-state index in [-0.39, 0.29) is 11.9 Å². The Balaban J connectivity index is 2.66. The average Bonchev–Trinajstić information content (AvgIpc) is 2.65. The van der Waals surface area contributed by atoms with Crippen molar-refractivity contribution in [2.45, 2.75) is 26.3 Å². The maximum Gasteiger partial charge on any atom is 0.258 e. The van der Waals surface area contributed by atoms with Crippen molar-refractivity contribution in [3.8, 4) is 0 Å². The van der Waals surface area contributed by atoms with Gasteiger partial charge in [-0.2, -0.15) is 16.1 Å². The van der Waals surface area contributed by atoms with Crippen LogP contribution in [0.5, 0.6) is 0 Å². The van der Waals surface area contributed by atoms with Crippen LogP contribution < -0.4 is 16.4 Å². The Morgan fingerprint density at radius 1 is 1.56 bits per heavy atom. The first kappa shape index (κ1) is 15.1. The van der Waals surface area contributed by atoms with Gasteiger partial charge in [-0.3, -0.25) is 4.79 Å². The van der Waals surface area contributed by atoms with Crippen molar-refractivity contribution < 1.29 is 4.79 Å². The van der Waals surface area contributed by atoms with Crippen LogP contribution in [0.3, 0.4) is 0 Å². The van der Waals surface area contributed by atoms with Gasteiger partial charge in [0.15, 0.2) is 5.82 Å². The molecule has 1 heterocycles. The fraction of sp³-hybridized carbons (Fsp3) is 0.636. The molecule has 0 aromatic carbocycles. The van der Waals surface area contributed by atoms with Crippen LogP contribution in [0.1, 0.15) is 30.6 Å². The smallest absolute Gasteiger partial charge is 0.258 e. The fourth-order valence-electron chi connectivity index (χ4n) is 1.40. The molecule has 1 amide bonds. The minimum Gasteiger partial charge on any atom is -0.382 e. The van der Waals surface area contributed by atoms with E-state index in [1.165, 1.54) is 11.5 Å². The minimum absolute atomic E-state index is 0.0844. The van der Waals surface area contributed by atoms with Gasteiger partial charge in [0.2, 0.25) is 0 Å². The van der Waals surface area contributed by atoms with Gasteiger partial charge in [0.25, 0.3) is 5.91 Å². The summed E-state index contributed by atoms with van der Waals surface area (Å²) in [5, 5.41) is 6.81.